The molecule has 1 heterocycles. The van der Waals surface area contributed by atoms with E-state index in [0.717, 1.165) is 28.2 Å². The van der Waals surface area contributed by atoms with Crippen molar-refractivity contribution in [3.05, 3.63) is 30.5 Å². The molecule has 1 atom stereocenters. The van der Waals surface area contributed by atoms with Crippen molar-refractivity contribution in [2.45, 2.75) is 39.7 Å². The lowest BCUT2D eigenvalue weighted by Gasteiger charge is -2.17. The third kappa shape index (κ3) is 3.60. The number of pyridine rings is 1. The number of anilines is 2. The smallest absolute Gasteiger partial charge is 0.0743 e. The SMILES string of the molecule is CC(C)CCC(C)Nc1ccnc2cc(N)ccc12. The number of rotatable bonds is 5. The summed E-state index contributed by atoms with van der Waals surface area (Å²) in [6.07, 6.45) is 4.25. The van der Waals surface area contributed by atoms with Gasteiger partial charge in [0.2, 0.25) is 0 Å². The Labute approximate surface area is 115 Å². The van der Waals surface area contributed by atoms with Crippen LogP contribution in [0.4, 0.5) is 11.4 Å². The van der Waals surface area contributed by atoms with Crippen molar-refractivity contribution in [3.63, 3.8) is 0 Å². The largest absolute Gasteiger partial charge is 0.399 e. The summed E-state index contributed by atoms with van der Waals surface area (Å²) < 4.78 is 0. The first-order chi connectivity index (χ1) is 9.06. The molecule has 1 unspecified atom stereocenters. The van der Waals surface area contributed by atoms with Gasteiger partial charge in [0.1, 0.15) is 0 Å². The molecule has 0 spiro atoms. The van der Waals surface area contributed by atoms with Crippen molar-refractivity contribution in [1.29, 1.82) is 0 Å². The van der Waals surface area contributed by atoms with Gasteiger partial charge in [-0.1, -0.05) is 13.8 Å². The summed E-state index contributed by atoms with van der Waals surface area (Å²) >= 11 is 0. The van der Waals surface area contributed by atoms with E-state index in [1.807, 2.05) is 30.5 Å². The van der Waals surface area contributed by atoms with E-state index in [-0.39, 0.29) is 0 Å². The van der Waals surface area contributed by atoms with Crippen LogP contribution in [0.2, 0.25) is 0 Å². The summed E-state index contributed by atoms with van der Waals surface area (Å²) in [5.74, 6) is 0.748. The summed E-state index contributed by atoms with van der Waals surface area (Å²) in [6, 6.07) is 8.37. The van der Waals surface area contributed by atoms with Gasteiger partial charge in [-0.25, -0.2) is 0 Å². The van der Waals surface area contributed by atoms with Gasteiger partial charge in [-0.3, -0.25) is 4.98 Å². The van der Waals surface area contributed by atoms with Crippen LogP contribution in [0.15, 0.2) is 30.5 Å². The molecule has 3 heteroatoms. The van der Waals surface area contributed by atoms with E-state index in [0.29, 0.717) is 6.04 Å². The lowest BCUT2D eigenvalue weighted by molar-refractivity contribution is 0.528. The monoisotopic (exact) mass is 257 g/mol. The van der Waals surface area contributed by atoms with Gasteiger partial charge in [0.25, 0.3) is 0 Å². The lowest BCUT2D eigenvalue weighted by Crippen LogP contribution is -2.16. The Morgan fingerprint density at radius 3 is 2.68 bits per heavy atom. The van der Waals surface area contributed by atoms with E-state index >= 15 is 0 Å². The van der Waals surface area contributed by atoms with E-state index in [4.69, 9.17) is 5.73 Å². The van der Waals surface area contributed by atoms with Crippen LogP contribution in [0.25, 0.3) is 10.9 Å². The summed E-state index contributed by atoms with van der Waals surface area (Å²) in [6.45, 7) is 6.75. The molecule has 2 aromatic rings. The molecular weight excluding hydrogens is 234 g/mol. The topological polar surface area (TPSA) is 50.9 Å². The Kier molecular flexibility index (Phi) is 4.25. The van der Waals surface area contributed by atoms with E-state index in [9.17, 15) is 0 Å². The summed E-state index contributed by atoms with van der Waals surface area (Å²) in [7, 11) is 0. The Hall–Kier alpha value is -1.77. The molecular formula is C16H23N3. The highest BCUT2D eigenvalue weighted by Crippen LogP contribution is 2.24. The summed E-state index contributed by atoms with van der Waals surface area (Å²) in [5, 5.41) is 4.71. The van der Waals surface area contributed by atoms with Gasteiger partial charge in [0.05, 0.1) is 5.52 Å². The van der Waals surface area contributed by atoms with Crippen molar-refractivity contribution < 1.29 is 0 Å². The molecule has 0 aliphatic carbocycles. The van der Waals surface area contributed by atoms with Gasteiger partial charge in [-0.05, 0) is 49.9 Å². The maximum Gasteiger partial charge on any atom is 0.0743 e. The minimum atomic E-state index is 0.463. The molecule has 102 valence electrons. The number of fused-ring (bicyclic) bond motifs is 1. The first-order valence-corrected chi connectivity index (χ1v) is 6.97. The number of nitrogens with zero attached hydrogens (tertiary/aromatic N) is 1. The van der Waals surface area contributed by atoms with Gasteiger partial charge >= 0.3 is 0 Å². The average Bonchev–Trinajstić information content (AvgIpc) is 2.36. The molecule has 0 saturated carbocycles. The zero-order chi connectivity index (χ0) is 13.8. The number of nitrogens with one attached hydrogen (secondary N) is 1. The van der Waals surface area contributed by atoms with Crippen molar-refractivity contribution in [3.8, 4) is 0 Å². The normalized spacial score (nSPS) is 12.8. The highest BCUT2D eigenvalue weighted by molar-refractivity contribution is 5.92. The molecule has 1 aromatic carbocycles. The second-order valence-electron chi connectivity index (χ2n) is 5.65. The lowest BCUT2D eigenvalue weighted by atomic mass is 10.0. The molecule has 0 radical (unpaired) electrons. The van der Waals surface area contributed by atoms with Crippen molar-refractivity contribution in [2.75, 3.05) is 11.1 Å². The maximum atomic E-state index is 5.80. The number of hydrogen-bond donors (Lipinski definition) is 2. The van der Waals surface area contributed by atoms with Crippen LogP contribution >= 0.6 is 0 Å². The fourth-order valence-corrected chi connectivity index (χ4v) is 2.21. The molecule has 0 fully saturated rings. The van der Waals surface area contributed by atoms with Gasteiger partial charge in [-0.15, -0.1) is 0 Å². The standard InChI is InChI=1S/C16H23N3/c1-11(2)4-5-12(3)19-15-8-9-18-16-10-13(17)6-7-14(15)16/h6-12H,4-5,17H2,1-3H3,(H,18,19). The Balaban J connectivity index is 2.16. The van der Waals surface area contributed by atoms with E-state index in [2.05, 4.69) is 31.1 Å². The number of nitrogens with two attached hydrogens (primary N) is 1. The number of nitrogen functional groups attached to an aromatic ring is 1. The zero-order valence-electron chi connectivity index (χ0n) is 12.0. The molecule has 0 aliphatic heterocycles. The van der Waals surface area contributed by atoms with Crippen LogP contribution in [-0.4, -0.2) is 11.0 Å². The highest BCUT2D eigenvalue weighted by atomic mass is 14.9. The summed E-state index contributed by atoms with van der Waals surface area (Å²) in [4.78, 5) is 4.36. The minimum absolute atomic E-state index is 0.463. The second-order valence-corrected chi connectivity index (χ2v) is 5.65. The fourth-order valence-electron chi connectivity index (χ4n) is 2.21. The molecule has 19 heavy (non-hydrogen) atoms. The van der Waals surface area contributed by atoms with Crippen LogP contribution in [0.3, 0.4) is 0 Å². The molecule has 2 rings (SSSR count). The molecule has 0 saturated heterocycles. The Morgan fingerprint density at radius 1 is 1.16 bits per heavy atom. The van der Waals surface area contributed by atoms with Crippen LogP contribution in [0.1, 0.15) is 33.6 Å². The van der Waals surface area contributed by atoms with Crippen LogP contribution in [0.5, 0.6) is 0 Å². The molecule has 3 nitrogen and oxygen atoms in total. The van der Waals surface area contributed by atoms with E-state index in [1.54, 1.807) is 0 Å². The summed E-state index contributed by atoms with van der Waals surface area (Å²) in [5.41, 5.74) is 8.64. The Morgan fingerprint density at radius 2 is 1.95 bits per heavy atom. The van der Waals surface area contributed by atoms with Gasteiger partial charge in [0, 0.05) is 29.0 Å². The fraction of sp³-hybridized carbons (Fsp3) is 0.438. The van der Waals surface area contributed by atoms with Crippen LogP contribution < -0.4 is 11.1 Å². The first-order valence-electron chi connectivity index (χ1n) is 6.97. The predicted molar refractivity (Wildman–Crippen MR) is 83.3 cm³/mol. The second kappa shape index (κ2) is 5.91. The van der Waals surface area contributed by atoms with Gasteiger partial charge in [-0.2, -0.15) is 0 Å². The van der Waals surface area contributed by atoms with Gasteiger partial charge in [0.15, 0.2) is 0 Å². The van der Waals surface area contributed by atoms with Crippen molar-refractivity contribution in [2.24, 2.45) is 5.92 Å². The molecule has 0 aliphatic rings. The maximum absolute atomic E-state index is 5.80. The third-order valence-corrected chi connectivity index (χ3v) is 3.35. The van der Waals surface area contributed by atoms with Gasteiger partial charge < -0.3 is 11.1 Å². The van der Waals surface area contributed by atoms with E-state index in [1.165, 1.54) is 12.8 Å². The quantitative estimate of drug-likeness (QED) is 0.794. The number of aromatic nitrogens is 1. The van der Waals surface area contributed by atoms with Crippen LogP contribution in [0, 0.1) is 5.92 Å². The van der Waals surface area contributed by atoms with E-state index < -0.39 is 0 Å². The zero-order valence-corrected chi connectivity index (χ0v) is 12.0. The predicted octanol–water partition coefficient (Wildman–Crippen LogP) is 4.05. The molecule has 3 N–H and O–H groups in total. The molecule has 1 aromatic heterocycles. The number of benzene rings is 1. The average molecular weight is 257 g/mol. The Bertz CT molecular complexity index is 549. The molecule has 0 amide bonds. The highest BCUT2D eigenvalue weighted by Gasteiger charge is 2.07. The van der Waals surface area contributed by atoms with Crippen LogP contribution in [-0.2, 0) is 0 Å². The number of hydrogen-bond acceptors (Lipinski definition) is 3. The first kappa shape index (κ1) is 13.7. The van der Waals surface area contributed by atoms with Crippen molar-refractivity contribution in [1.82, 2.24) is 4.98 Å². The minimum Gasteiger partial charge on any atom is -0.399 e. The van der Waals surface area contributed by atoms with Crippen molar-refractivity contribution >= 4 is 22.3 Å². The third-order valence-electron chi connectivity index (χ3n) is 3.35. The molecule has 0 bridgehead atoms.